The third-order valence-electron chi connectivity index (χ3n) is 5.63. The third kappa shape index (κ3) is 4.15. The zero-order valence-corrected chi connectivity index (χ0v) is 17.8. The highest BCUT2D eigenvalue weighted by Gasteiger charge is 2.29. The topological polar surface area (TPSA) is 84.9 Å². The lowest BCUT2D eigenvalue weighted by Gasteiger charge is -2.27. The number of ether oxygens (including phenoxy) is 2. The van der Waals surface area contributed by atoms with Crippen LogP contribution in [-0.4, -0.2) is 45.4 Å². The zero-order valence-electron chi connectivity index (χ0n) is 17.0. The Balaban J connectivity index is 1.55. The lowest BCUT2D eigenvalue weighted by atomic mass is 9.96. The van der Waals surface area contributed by atoms with E-state index < -0.39 is 10.0 Å². The summed E-state index contributed by atoms with van der Waals surface area (Å²) in [6.45, 7) is 1.32. The van der Waals surface area contributed by atoms with Crippen LogP contribution in [0.5, 0.6) is 11.5 Å². The van der Waals surface area contributed by atoms with Crippen molar-refractivity contribution in [2.24, 2.45) is 5.92 Å². The van der Waals surface area contributed by atoms with Gasteiger partial charge in [0, 0.05) is 13.1 Å². The van der Waals surface area contributed by atoms with Crippen molar-refractivity contribution in [3.8, 4) is 11.5 Å². The van der Waals surface area contributed by atoms with Crippen molar-refractivity contribution in [2.75, 3.05) is 32.1 Å². The minimum absolute atomic E-state index is 0.158. The Bertz CT molecular complexity index is 1030. The van der Waals surface area contributed by atoms with E-state index in [-0.39, 0.29) is 23.3 Å². The molecule has 160 valence electrons. The van der Waals surface area contributed by atoms with Crippen molar-refractivity contribution in [1.82, 2.24) is 4.31 Å². The molecule has 7 nitrogen and oxygen atoms in total. The highest BCUT2D eigenvalue weighted by molar-refractivity contribution is 7.89. The van der Waals surface area contributed by atoms with E-state index in [9.17, 15) is 13.2 Å². The molecule has 4 rings (SSSR count). The van der Waals surface area contributed by atoms with E-state index in [1.165, 1.54) is 23.5 Å². The van der Waals surface area contributed by atoms with Gasteiger partial charge in [-0.1, -0.05) is 24.6 Å². The van der Waals surface area contributed by atoms with E-state index in [0.717, 1.165) is 30.6 Å². The van der Waals surface area contributed by atoms with Gasteiger partial charge < -0.3 is 14.8 Å². The summed E-state index contributed by atoms with van der Waals surface area (Å²) in [7, 11) is -2.12. The van der Waals surface area contributed by atoms with E-state index in [2.05, 4.69) is 5.32 Å². The van der Waals surface area contributed by atoms with Crippen molar-refractivity contribution in [1.29, 1.82) is 0 Å². The summed E-state index contributed by atoms with van der Waals surface area (Å²) in [5.41, 5.74) is 1.33. The standard InChI is InChI=1S/C22H26N2O5S/c1-28-21-10-9-18(30(26,27)24-11-5-2-6-12-24)14-19(21)23-22(25)17-13-16-7-3-4-8-20(16)29-15-17/h3-4,7-10,14,17H,2,5-6,11-13,15H2,1H3,(H,23,25)/t17-/m1/s1. The first-order valence-corrected chi connectivity index (χ1v) is 11.6. The summed E-state index contributed by atoms with van der Waals surface area (Å²) in [6.07, 6.45) is 3.34. The van der Waals surface area contributed by atoms with Crippen LogP contribution < -0.4 is 14.8 Å². The average molecular weight is 431 g/mol. The van der Waals surface area contributed by atoms with Crippen molar-refractivity contribution < 1.29 is 22.7 Å². The maximum absolute atomic E-state index is 13.0. The van der Waals surface area contributed by atoms with Gasteiger partial charge in [-0.15, -0.1) is 0 Å². The maximum Gasteiger partial charge on any atom is 0.243 e. The van der Waals surface area contributed by atoms with Gasteiger partial charge in [0.2, 0.25) is 15.9 Å². The molecular formula is C22H26N2O5S. The number of rotatable bonds is 5. The fourth-order valence-electron chi connectivity index (χ4n) is 3.93. The van der Waals surface area contributed by atoms with Gasteiger partial charge in [0.1, 0.15) is 18.1 Å². The van der Waals surface area contributed by atoms with E-state index >= 15 is 0 Å². The van der Waals surface area contributed by atoms with Crippen LogP contribution in [-0.2, 0) is 21.2 Å². The van der Waals surface area contributed by atoms with E-state index in [1.54, 1.807) is 6.07 Å². The molecule has 2 aliphatic heterocycles. The van der Waals surface area contributed by atoms with Gasteiger partial charge in [-0.25, -0.2) is 8.42 Å². The molecule has 1 amide bonds. The second kappa shape index (κ2) is 8.65. The molecule has 2 heterocycles. The van der Waals surface area contributed by atoms with Gasteiger partial charge in [0.25, 0.3) is 0 Å². The Morgan fingerprint density at radius 2 is 1.90 bits per heavy atom. The molecule has 2 aliphatic rings. The molecule has 2 aromatic rings. The molecule has 1 atom stereocenters. The summed E-state index contributed by atoms with van der Waals surface area (Å²) >= 11 is 0. The van der Waals surface area contributed by atoms with Crippen molar-refractivity contribution in [3.05, 3.63) is 48.0 Å². The van der Waals surface area contributed by atoms with Crippen molar-refractivity contribution >= 4 is 21.6 Å². The molecule has 8 heteroatoms. The van der Waals surface area contributed by atoms with E-state index in [1.807, 2.05) is 24.3 Å². The number of nitrogens with one attached hydrogen (secondary N) is 1. The number of amides is 1. The van der Waals surface area contributed by atoms with Crippen molar-refractivity contribution in [2.45, 2.75) is 30.6 Å². The Hall–Kier alpha value is -2.58. The second-order valence-electron chi connectivity index (χ2n) is 7.64. The number of sulfonamides is 1. The van der Waals surface area contributed by atoms with Crippen LogP contribution >= 0.6 is 0 Å². The zero-order chi connectivity index (χ0) is 21.1. The number of piperidine rings is 1. The maximum atomic E-state index is 13.0. The first-order valence-electron chi connectivity index (χ1n) is 10.2. The normalized spacial score (nSPS) is 19.4. The number of anilines is 1. The average Bonchev–Trinajstić information content (AvgIpc) is 2.79. The summed E-state index contributed by atoms with van der Waals surface area (Å²) in [5.74, 6) is 0.620. The smallest absolute Gasteiger partial charge is 0.243 e. The fourth-order valence-corrected chi connectivity index (χ4v) is 5.47. The molecule has 0 radical (unpaired) electrons. The lowest BCUT2D eigenvalue weighted by Crippen LogP contribution is -2.35. The van der Waals surface area contributed by atoms with E-state index in [4.69, 9.17) is 9.47 Å². The molecule has 0 aliphatic carbocycles. The Labute approximate surface area is 177 Å². The van der Waals surface area contributed by atoms with Gasteiger partial charge in [0.15, 0.2) is 0 Å². The van der Waals surface area contributed by atoms with Crippen LogP contribution in [0.4, 0.5) is 5.69 Å². The SMILES string of the molecule is COc1ccc(S(=O)(=O)N2CCCCC2)cc1NC(=O)[C@H]1COc2ccccc2C1. The minimum Gasteiger partial charge on any atom is -0.495 e. The highest BCUT2D eigenvalue weighted by atomic mass is 32.2. The Morgan fingerprint density at radius 1 is 1.13 bits per heavy atom. The predicted octanol–water partition coefficient (Wildman–Crippen LogP) is 3.06. The number of nitrogens with zero attached hydrogens (tertiary/aromatic N) is 1. The van der Waals surface area contributed by atoms with Gasteiger partial charge in [-0.3, -0.25) is 4.79 Å². The molecule has 0 spiro atoms. The summed E-state index contributed by atoms with van der Waals surface area (Å²) in [6, 6.07) is 12.2. The predicted molar refractivity (Wildman–Crippen MR) is 113 cm³/mol. The number of fused-ring (bicyclic) bond motifs is 1. The minimum atomic E-state index is -3.61. The number of hydrogen-bond acceptors (Lipinski definition) is 5. The highest BCUT2D eigenvalue weighted by Crippen LogP contribution is 2.32. The number of benzene rings is 2. The molecule has 1 saturated heterocycles. The molecule has 0 aromatic heterocycles. The number of carbonyl (C=O) groups is 1. The van der Waals surface area contributed by atoms with Crippen LogP contribution in [0.15, 0.2) is 47.4 Å². The van der Waals surface area contributed by atoms with Crippen LogP contribution in [0.25, 0.3) is 0 Å². The van der Waals surface area contributed by atoms with Crippen LogP contribution in [0.2, 0.25) is 0 Å². The first kappa shape index (κ1) is 20.7. The summed E-state index contributed by atoms with van der Waals surface area (Å²) < 4.78 is 38.6. The lowest BCUT2D eigenvalue weighted by molar-refractivity contribution is -0.121. The van der Waals surface area contributed by atoms with Crippen LogP contribution in [0.3, 0.4) is 0 Å². The van der Waals surface area contributed by atoms with Gasteiger partial charge in [-0.05, 0) is 49.1 Å². The second-order valence-corrected chi connectivity index (χ2v) is 9.57. The van der Waals surface area contributed by atoms with Gasteiger partial charge in [-0.2, -0.15) is 4.31 Å². The monoisotopic (exact) mass is 430 g/mol. The number of methoxy groups -OCH3 is 1. The Kier molecular flexibility index (Phi) is 5.97. The molecule has 30 heavy (non-hydrogen) atoms. The van der Waals surface area contributed by atoms with Gasteiger partial charge >= 0.3 is 0 Å². The quantitative estimate of drug-likeness (QED) is 0.788. The van der Waals surface area contributed by atoms with E-state index in [0.29, 0.717) is 30.9 Å². The fraction of sp³-hybridized carbons (Fsp3) is 0.409. The molecule has 1 N–H and O–H groups in total. The molecule has 2 aromatic carbocycles. The number of carbonyl (C=O) groups excluding carboxylic acids is 1. The molecule has 1 fully saturated rings. The Morgan fingerprint density at radius 3 is 2.67 bits per heavy atom. The summed E-state index contributed by atoms with van der Waals surface area (Å²) in [4.78, 5) is 13.1. The van der Waals surface area contributed by atoms with Crippen molar-refractivity contribution in [3.63, 3.8) is 0 Å². The molecule has 0 unspecified atom stereocenters. The molecular weight excluding hydrogens is 404 g/mol. The number of hydrogen-bond donors (Lipinski definition) is 1. The first-order chi connectivity index (χ1) is 14.5. The number of para-hydroxylation sites is 1. The third-order valence-corrected chi connectivity index (χ3v) is 7.53. The summed E-state index contributed by atoms with van der Waals surface area (Å²) in [5, 5.41) is 2.85. The molecule has 0 saturated carbocycles. The van der Waals surface area contributed by atoms with Crippen LogP contribution in [0, 0.1) is 5.92 Å². The largest absolute Gasteiger partial charge is 0.495 e. The molecule has 0 bridgehead atoms. The van der Waals surface area contributed by atoms with Crippen LogP contribution in [0.1, 0.15) is 24.8 Å². The van der Waals surface area contributed by atoms with Gasteiger partial charge in [0.05, 0.1) is 23.6 Å².